The van der Waals surface area contributed by atoms with E-state index >= 15 is 0 Å². The summed E-state index contributed by atoms with van der Waals surface area (Å²) in [7, 11) is 0. The summed E-state index contributed by atoms with van der Waals surface area (Å²) in [6, 6.07) is 6.24. The fourth-order valence-electron chi connectivity index (χ4n) is 2.06. The Morgan fingerprint density at radius 3 is 2.90 bits per heavy atom. The molecular formula is C15H19BrN2O2. The molecular weight excluding hydrogens is 320 g/mol. The van der Waals surface area contributed by atoms with Gasteiger partial charge < -0.3 is 10.1 Å². The summed E-state index contributed by atoms with van der Waals surface area (Å²) in [6.07, 6.45) is 2.27. The van der Waals surface area contributed by atoms with Crippen LogP contribution in [0.5, 0.6) is 0 Å². The Hall–Kier alpha value is -1.36. The Balaban J connectivity index is 1.84. The second kappa shape index (κ2) is 5.95. The number of carbonyl (C=O) groups is 1. The molecule has 1 unspecified atom stereocenters. The van der Waals surface area contributed by atoms with E-state index < -0.39 is 5.60 Å². The highest BCUT2D eigenvalue weighted by Crippen LogP contribution is 2.31. The van der Waals surface area contributed by atoms with Crippen molar-refractivity contribution in [3.8, 4) is 0 Å². The first-order valence-electron chi connectivity index (χ1n) is 6.64. The Labute approximate surface area is 127 Å². The van der Waals surface area contributed by atoms with Gasteiger partial charge >= 0.3 is 6.09 Å². The van der Waals surface area contributed by atoms with Crippen LogP contribution >= 0.6 is 15.9 Å². The quantitative estimate of drug-likeness (QED) is 0.910. The van der Waals surface area contributed by atoms with Crippen molar-refractivity contribution >= 4 is 28.2 Å². The third-order valence-electron chi connectivity index (χ3n) is 2.89. The molecule has 1 atom stereocenters. The van der Waals surface area contributed by atoms with Crippen molar-refractivity contribution < 1.29 is 9.53 Å². The molecule has 0 aliphatic carbocycles. The Morgan fingerprint density at radius 1 is 1.45 bits per heavy atom. The average Bonchev–Trinajstić information content (AvgIpc) is 2.69. The second-order valence-electron chi connectivity index (χ2n) is 5.78. The normalized spacial score (nSPS) is 16.9. The Kier molecular flexibility index (Phi) is 4.48. The summed E-state index contributed by atoms with van der Waals surface area (Å²) in [5, 5.41) is 2.76. The highest BCUT2D eigenvalue weighted by molar-refractivity contribution is 9.10. The van der Waals surface area contributed by atoms with E-state index in [9.17, 15) is 4.79 Å². The first-order valence-corrected chi connectivity index (χ1v) is 7.44. The monoisotopic (exact) mass is 338 g/mol. The maximum atomic E-state index is 11.6. The van der Waals surface area contributed by atoms with Gasteiger partial charge in [0.25, 0.3) is 0 Å². The predicted octanol–water partition coefficient (Wildman–Crippen LogP) is 3.84. The van der Waals surface area contributed by atoms with Crippen LogP contribution in [0.25, 0.3) is 0 Å². The molecule has 0 fully saturated rings. The van der Waals surface area contributed by atoms with Crippen LogP contribution in [-0.4, -0.2) is 24.5 Å². The number of carbonyl (C=O) groups excluding carboxylic acids is 1. The molecule has 20 heavy (non-hydrogen) atoms. The molecule has 1 aromatic rings. The molecule has 0 aromatic heterocycles. The zero-order chi connectivity index (χ0) is 14.8. The van der Waals surface area contributed by atoms with Crippen LogP contribution in [0.1, 0.15) is 44.4 Å². The lowest BCUT2D eigenvalue weighted by molar-refractivity contribution is 0.0526. The number of halogens is 1. The number of alkyl carbamates (subject to hydrolysis) is 1. The summed E-state index contributed by atoms with van der Waals surface area (Å²) in [5.74, 6) is 0. The molecule has 1 aliphatic heterocycles. The number of benzene rings is 1. The van der Waals surface area contributed by atoms with E-state index in [1.165, 1.54) is 5.56 Å². The SMILES string of the molecule is CC(C)(C)OC(=O)NCCC1N=Cc2ccc(Br)cc21. The van der Waals surface area contributed by atoms with Crippen molar-refractivity contribution in [2.75, 3.05) is 6.54 Å². The lowest BCUT2D eigenvalue weighted by atomic mass is 10.0. The molecule has 0 saturated heterocycles. The highest BCUT2D eigenvalue weighted by atomic mass is 79.9. The van der Waals surface area contributed by atoms with Crippen LogP contribution < -0.4 is 5.32 Å². The predicted molar refractivity (Wildman–Crippen MR) is 83.3 cm³/mol. The third kappa shape index (κ3) is 4.07. The van der Waals surface area contributed by atoms with Crippen LogP contribution in [0, 0.1) is 0 Å². The molecule has 4 nitrogen and oxygen atoms in total. The largest absolute Gasteiger partial charge is 0.444 e. The maximum absolute atomic E-state index is 11.6. The van der Waals surface area contributed by atoms with Gasteiger partial charge in [0.1, 0.15) is 5.60 Å². The van der Waals surface area contributed by atoms with Gasteiger partial charge in [-0.25, -0.2) is 4.79 Å². The number of fused-ring (bicyclic) bond motifs is 1. The minimum Gasteiger partial charge on any atom is -0.444 e. The molecule has 1 aliphatic rings. The van der Waals surface area contributed by atoms with Crippen molar-refractivity contribution in [3.63, 3.8) is 0 Å². The van der Waals surface area contributed by atoms with Crippen molar-refractivity contribution in [2.24, 2.45) is 4.99 Å². The first kappa shape index (κ1) is 15.0. The van der Waals surface area contributed by atoms with E-state index in [1.807, 2.05) is 39.1 Å². The van der Waals surface area contributed by atoms with Crippen molar-refractivity contribution in [1.29, 1.82) is 0 Å². The summed E-state index contributed by atoms with van der Waals surface area (Å²) in [6.45, 7) is 6.09. The van der Waals surface area contributed by atoms with Crippen LogP contribution in [0.3, 0.4) is 0 Å². The third-order valence-corrected chi connectivity index (χ3v) is 3.38. The molecule has 0 spiro atoms. The number of rotatable bonds is 3. The van der Waals surface area contributed by atoms with E-state index in [4.69, 9.17) is 4.74 Å². The van der Waals surface area contributed by atoms with Gasteiger partial charge in [-0.3, -0.25) is 4.99 Å². The molecule has 1 amide bonds. The lowest BCUT2D eigenvalue weighted by Crippen LogP contribution is -2.33. The fraction of sp³-hybridized carbons (Fsp3) is 0.467. The first-order chi connectivity index (χ1) is 9.35. The number of amides is 1. The lowest BCUT2D eigenvalue weighted by Gasteiger charge is -2.20. The van der Waals surface area contributed by atoms with Crippen molar-refractivity contribution in [3.05, 3.63) is 33.8 Å². The molecule has 0 saturated carbocycles. The van der Waals surface area contributed by atoms with E-state index in [1.54, 1.807) is 0 Å². The summed E-state index contributed by atoms with van der Waals surface area (Å²) in [4.78, 5) is 16.0. The van der Waals surface area contributed by atoms with Crippen LogP contribution in [0.15, 0.2) is 27.7 Å². The number of nitrogens with zero attached hydrogens (tertiary/aromatic N) is 1. The van der Waals surface area contributed by atoms with Gasteiger partial charge in [-0.15, -0.1) is 0 Å². The zero-order valence-corrected chi connectivity index (χ0v) is 13.5. The molecule has 1 aromatic carbocycles. The number of aliphatic imine (C=N–C) groups is 1. The van der Waals surface area contributed by atoms with Gasteiger partial charge in [0.2, 0.25) is 0 Å². The maximum Gasteiger partial charge on any atom is 0.407 e. The number of nitrogens with one attached hydrogen (secondary N) is 1. The molecule has 1 N–H and O–H groups in total. The fourth-order valence-corrected chi connectivity index (χ4v) is 2.44. The van der Waals surface area contributed by atoms with Gasteiger partial charge in [-0.2, -0.15) is 0 Å². The van der Waals surface area contributed by atoms with E-state index in [0.29, 0.717) is 6.54 Å². The molecule has 108 valence electrons. The van der Waals surface area contributed by atoms with Gasteiger partial charge in [-0.1, -0.05) is 22.0 Å². The molecule has 2 rings (SSSR count). The molecule has 0 bridgehead atoms. The molecule has 1 heterocycles. The molecule has 0 radical (unpaired) electrons. The summed E-state index contributed by atoms with van der Waals surface area (Å²) < 4.78 is 6.24. The van der Waals surface area contributed by atoms with E-state index in [0.717, 1.165) is 16.5 Å². The van der Waals surface area contributed by atoms with Gasteiger partial charge in [-0.05, 0) is 50.5 Å². The Morgan fingerprint density at radius 2 is 2.20 bits per heavy atom. The van der Waals surface area contributed by atoms with Gasteiger partial charge in [0.15, 0.2) is 0 Å². The van der Waals surface area contributed by atoms with Crippen molar-refractivity contribution in [2.45, 2.75) is 38.8 Å². The van der Waals surface area contributed by atoms with Crippen LogP contribution in [0.4, 0.5) is 4.79 Å². The van der Waals surface area contributed by atoms with E-state index in [-0.39, 0.29) is 12.1 Å². The smallest absolute Gasteiger partial charge is 0.407 e. The number of ether oxygens (including phenoxy) is 1. The topological polar surface area (TPSA) is 50.7 Å². The van der Waals surface area contributed by atoms with Crippen LogP contribution in [-0.2, 0) is 4.74 Å². The minimum absolute atomic E-state index is 0.109. The highest BCUT2D eigenvalue weighted by Gasteiger charge is 2.20. The van der Waals surface area contributed by atoms with Crippen molar-refractivity contribution in [1.82, 2.24) is 5.32 Å². The Bertz CT molecular complexity index is 535. The average molecular weight is 339 g/mol. The van der Waals surface area contributed by atoms with Gasteiger partial charge in [0.05, 0.1) is 6.04 Å². The summed E-state index contributed by atoms with van der Waals surface area (Å²) in [5.41, 5.74) is 1.88. The second-order valence-corrected chi connectivity index (χ2v) is 6.70. The van der Waals surface area contributed by atoms with E-state index in [2.05, 4.69) is 32.3 Å². The standard InChI is InChI=1S/C15H19BrN2O2/c1-15(2,3)20-14(19)17-7-6-13-12-8-11(16)5-4-10(12)9-18-13/h4-5,8-9,13H,6-7H2,1-3H3,(H,17,19). The zero-order valence-electron chi connectivity index (χ0n) is 11.9. The minimum atomic E-state index is -0.465. The van der Waals surface area contributed by atoms with Gasteiger partial charge in [0, 0.05) is 17.2 Å². The number of hydrogen-bond acceptors (Lipinski definition) is 3. The number of hydrogen-bond donors (Lipinski definition) is 1. The summed E-state index contributed by atoms with van der Waals surface area (Å²) >= 11 is 3.47. The molecule has 5 heteroatoms. The van der Waals surface area contributed by atoms with Crippen LogP contribution in [0.2, 0.25) is 0 Å².